The Kier molecular flexibility index (Phi) is 1.89. The fourth-order valence-corrected chi connectivity index (χ4v) is 1.36. The highest BCUT2D eigenvalue weighted by molar-refractivity contribution is 5.69. The Bertz CT molecular complexity index is 496. The van der Waals surface area contributed by atoms with E-state index < -0.39 is 0 Å². The quantitative estimate of drug-likeness (QED) is 0.701. The van der Waals surface area contributed by atoms with Crippen LogP contribution in [-0.2, 0) is 7.05 Å². The summed E-state index contributed by atoms with van der Waals surface area (Å²) in [5.74, 6) is 0.459. The van der Waals surface area contributed by atoms with E-state index in [1.165, 1.54) is 4.57 Å². The van der Waals surface area contributed by atoms with Gasteiger partial charge in [0.2, 0.25) is 0 Å². The number of nitrogens with zero attached hydrogens (tertiary/aromatic N) is 1. The molecule has 2 rings (SSSR count). The lowest BCUT2D eigenvalue weighted by molar-refractivity contribution is 0.873. The van der Waals surface area contributed by atoms with Gasteiger partial charge in [-0.25, -0.2) is 4.79 Å². The zero-order valence-corrected chi connectivity index (χ0v) is 7.82. The van der Waals surface area contributed by atoms with Crippen molar-refractivity contribution in [2.75, 3.05) is 5.73 Å². The van der Waals surface area contributed by atoms with Crippen molar-refractivity contribution in [1.82, 2.24) is 9.55 Å². The maximum atomic E-state index is 11.3. The molecule has 0 radical (unpaired) electrons. The second kappa shape index (κ2) is 3.06. The number of benzene rings is 1. The summed E-state index contributed by atoms with van der Waals surface area (Å²) in [6.07, 6.45) is 0. The van der Waals surface area contributed by atoms with Crippen molar-refractivity contribution in [1.29, 1.82) is 0 Å². The van der Waals surface area contributed by atoms with E-state index in [2.05, 4.69) is 4.98 Å². The van der Waals surface area contributed by atoms with Crippen molar-refractivity contribution in [2.45, 2.75) is 0 Å². The predicted molar refractivity (Wildman–Crippen MR) is 55.9 cm³/mol. The first-order valence-electron chi connectivity index (χ1n) is 4.30. The average molecular weight is 189 g/mol. The fraction of sp³-hybridized carbons (Fsp3) is 0.100. The van der Waals surface area contributed by atoms with Gasteiger partial charge in [0.1, 0.15) is 5.82 Å². The highest BCUT2D eigenvalue weighted by Gasteiger charge is 2.08. The van der Waals surface area contributed by atoms with Crippen LogP contribution in [0.4, 0.5) is 5.82 Å². The Hall–Kier alpha value is -1.97. The number of nitrogen functional groups attached to an aromatic ring is 1. The van der Waals surface area contributed by atoms with Gasteiger partial charge in [-0.2, -0.15) is 0 Å². The molecule has 72 valence electrons. The van der Waals surface area contributed by atoms with Crippen LogP contribution in [0.5, 0.6) is 0 Å². The lowest BCUT2D eigenvalue weighted by Gasteiger charge is -1.99. The first-order valence-corrected chi connectivity index (χ1v) is 4.30. The van der Waals surface area contributed by atoms with Gasteiger partial charge in [-0.05, 0) is 0 Å². The van der Waals surface area contributed by atoms with Crippen molar-refractivity contribution in [2.24, 2.45) is 7.05 Å². The van der Waals surface area contributed by atoms with Gasteiger partial charge in [0.15, 0.2) is 0 Å². The van der Waals surface area contributed by atoms with Crippen molar-refractivity contribution in [3.05, 3.63) is 40.8 Å². The Morgan fingerprint density at radius 2 is 1.93 bits per heavy atom. The normalized spacial score (nSPS) is 10.4. The molecular weight excluding hydrogens is 178 g/mol. The van der Waals surface area contributed by atoms with Crippen molar-refractivity contribution in [3.63, 3.8) is 0 Å². The average Bonchev–Trinajstić information content (AvgIpc) is 2.47. The third kappa shape index (κ3) is 1.21. The molecule has 4 heteroatoms. The lowest BCUT2D eigenvalue weighted by atomic mass is 10.1. The number of hydrogen-bond donors (Lipinski definition) is 2. The van der Waals surface area contributed by atoms with Gasteiger partial charge < -0.3 is 10.7 Å². The van der Waals surface area contributed by atoms with E-state index in [0.29, 0.717) is 11.5 Å². The van der Waals surface area contributed by atoms with Gasteiger partial charge in [0.05, 0.1) is 5.69 Å². The molecule has 1 aromatic carbocycles. The van der Waals surface area contributed by atoms with Crippen LogP contribution in [0.2, 0.25) is 0 Å². The number of imidazole rings is 1. The molecule has 1 aromatic heterocycles. The monoisotopic (exact) mass is 189 g/mol. The van der Waals surface area contributed by atoms with Crippen LogP contribution in [0, 0.1) is 0 Å². The van der Waals surface area contributed by atoms with Gasteiger partial charge in [-0.15, -0.1) is 0 Å². The van der Waals surface area contributed by atoms with Crippen molar-refractivity contribution >= 4 is 5.82 Å². The molecule has 0 saturated carbocycles. The van der Waals surface area contributed by atoms with Gasteiger partial charge in [0.25, 0.3) is 0 Å². The number of aromatic nitrogens is 2. The Morgan fingerprint density at radius 3 is 2.43 bits per heavy atom. The summed E-state index contributed by atoms with van der Waals surface area (Å²) in [5, 5.41) is 0. The summed E-state index contributed by atoms with van der Waals surface area (Å²) in [6.45, 7) is 0. The van der Waals surface area contributed by atoms with E-state index >= 15 is 0 Å². The molecule has 0 amide bonds. The topological polar surface area (TPSA) is 63.8 Å². The van der Waals surface area contributed by atoms with Crippen LogP contribution in [0.1, 0.15) is 0 Å². The maximum absolute atomic E-state index is 11.3. The number of H-pyrrole nitrogens is 1. The number of nitrogens with one attached hydrogen (secondary N) is 1. The molecule has 0 fully saturated rings. The van der Waals surface area contributed by atoms with E-state index in [1.807, 2.05) is 30.3 Å². The summed E-state index contributed by atoms with van der Waals surface area (Å²) in [7, 11) is 1.64. The minimum Gasteiger partial charge on any atom is -0.383 e. The third-order valence-electron chi connectivity index (χ3n) is 2.22. The molecule has 0 saturated heterocycles. The first kappa shape index (κ1) is 8.62. The van der Waals surface area contributed by atoms with Crippen LogP contribution >= 0.6 is 0 Å². The molecule has 3 N–H and O–H groups in total. The molecule has 0 spiro atoms. The number of anilines is 1. The molecule has 0 bridgehead atoms. The lowest BCUT2D eigenvalue weighted by Crippen LogP contribution is -2.13. The van der Waals surface area contributed by atoms with E-state index in [-0.39, 0.29) is 5.69 Å². The molecule has 14 heavy (non-hydrogen) atoms. The van der Waals surface area contributed by atoms with Crippen LogP contribution in [0.25, 0.3) is 11.3 Å². The summed E-state index contributed by atoms with van der Waals surface area (Å²) >= 11 is 0. The second-order valence-electron chi connectivity index (χ2n) is 3.12. The fourth-order valence-electron chi connectivity index (χ4n) is 1.36. The molecule has 1 heterocycles. The molecule has 0 aliphatic heterocycles. The van der Waals surface area contributed by atoms with Crippen molar-refractivity contribution in [3.8, 4) is 11.3 Å². The van der Waals surface area contributed by atoms with Crippen LogP contribution in [0.15, 0.2) is 35.1 Å². The third-order valence-corrected chi connectivity index (χ3v) is 2.22. The van der Waals surface area contributed by atoms with Gasteiger partial charge in [0, 0.05) is 12.6 Å². The molecule has 2 aromatic rings. The van der Waals surface area contributed by atoms with E-state index in [4.69, 9.17) is 5.73 Å². The smallest absolute Gasteiger partial charge is 0.327 e. The van der Waals surface area contributed by atoms with Crippen LogP contribution in [-0.4, -0.2) is 9.55 Å². The zero-order valence-electron chi connectivity index (χ0n) is 7.82. The largest absolute Gasteiger partial charge is 0.383 e. The van der Waals surface area contributed by atoms with E-state index in [9.17, 15) is 4.79 Å². The van der Waals surface area contributed by atoms with Crippen LogP contribution < -0.4 is 11.4 Å². The first-order chi connectivity index (χ1) is 6.70. The highest BCUT2D eigenvalue weighted by atomic mass is 16.1. The molecule has 0 atom stereocenters. The van der Waals surface area contributed by atoms with E-state index in [0.717, 1.165) is 5.56 Å². The molecule has 4 nitrogen and oxygen atoms in total. The van der Waals surface area contributed by atoms with Gasteiger partial charge in [-0.3, -0.25) is 4.57 Å². The highest BCUT2D eigenvalue weighted by Crippen LogP contribution is 2.20. The molecular formula is C10H11N3O. The SMILES string of the molecule is Cn1c(N)c(-c2ccccc2)[nH]c1=O. The Labute approximate surface area is 81.0 Å². The predicted octanol–water partition coefficient (Wildman–Crippen LogP) is 0.963. The number of aromatic amines is 1. The van der Waals surface area contributed by atoms with Gasteiger partial charge >= 0.3 is 5.69 Å². The van der Waals surface area contributed by atoms with Crippen LogP contribution in [0.3, 0.4) is 0 Å². The minimum absolute atomic E-state index is 0.193. The standard InChI is InChI=1S/C10H11N3O/c1-13-9(11)8(12-10(13)14)7-5-3-2-4-6-7/h2-6H,11H2,1H3,(H,12,14). The number of rotatable bonds is 1. The second-order valence-corrected chi connectivity index (χ2v) is 3.12. The summed E-state index contributed by atoms with van der Waals surface area (Å²) in [4.78, 5) is 14.0. The summed E-state index contributed by atoms with van der Waals surface area (Å²) in [6, 6.07) is 9.53. The minimum atomic E-state index is -0.193. The summed E-state index contributed by atoms with van der Waals surface area (Å²) < 4.78 is 1.39. The molecule has 0 aliphatic rings. The van der Waals surface area contributed by atoms with E-state index in [1.54, 1.807) is 7.05 Å². The number of hydrogen-bond acceptors (Lipinski definition) is 2. The summed E-state index contributed by atoms with van der Waals surface area (Å²) in [5.41, 5.74) is 7.17. The zero-order chi connectivity index (χ0) is 10.1. The maximum Gasteiger partial charge on any atom is 0.327 e. The Morgan fingerprint density at radius 1 is 1.29 bits per heavy atom. The van der Waals surface area contributed by atoms with Crippen molar-refractivity contribution < 1.29 is 0 Å². The molecule has 0 unspecified atom stereocenters. The van der Waals surface area contributed by atoms with Gasteiger partial charge in [-0.1, -0.05) is 30.3 Å². The number of nitrogens with two attached hydrogens (primary N) is 1. The molecule has 0 aliphatic carbocycles. The Balaban J connectivity index is 2.64.